The first-order chi connectivity index (χ1) is 14.2. The van der Waals surface area contributed by atoms with Crippen molar-refractivity contribution in [3.05, 3.63) is 108 Å². The van der Waals surface area contributed by atoms with Crippen LogP contribution in [0, 0.1) is 0 Å². The lowest BCUT2D eigenvalue weighted by molar-refractivity contribution is -0.109. The van der Waals surface area contributed by atoms with Crippen LogP contribution in [0.1, 0.15) is 21.6 Å². The SMILES string of the molecule is O=C[C@H](Cc1ccccc1)NC(=O)c1cc2ccccc2n1Cc1ccccc1. The molecule has 29 heavy (non-hydrogen) atoms. The van der Waals surface area contributed by atoms with Gasteiger partial charge in [-0.2, -0.15) is 0 Å². The summed E-state index contributed by atoms with van der Waals surface area (Å²) in [6, 6.07) is 29.0. The maximum absolute atomic E-state index is 13.1. The van der Waals surface area contributed by atoms with Gasteiger partial charge in [0.15, 0.2) is 0 Å². The summed E-state index contributed by atoms with van der Waals surface area (Å²) in [5, 5.41) is 3.89. The molecule has 1 heterocycles. The van der Waals surface area contributed by atoms with Crippen LogP contribution in [0.25, 0.3) is 10.9 Å². The van der Waals surface area contributed by atoms with Crippen LogP contribution in [0.15, 0.2) is 91.0 Å². The summed E-state index contributed by atoms with van der Waals surface area (Å²) in [5.41, 5.74) is 3.66. The van der Waals surface area contributed by atoms with Crippen molar-refractivity contribution in [2.45, 2.75) is 19.0 Å². The van der Waals surface area contributed by atoms with Gasteiger partial charge in [0, 0.05) is 17.4 Å². The molecule has 0 radical (unpaired) electrons. The molecule has 0 fully saturated rings. The van der Waals surface area contributed by atoms with E-state index in [1.54, 1.807) is 0 Å². The van der Waals surface area contributed by atoms with E-state index in [-0.39, 0.29) is 5.91 Å². The Labute approximate surface area is 169 Å². The van der Waals surface area contributed by atoms with E-state index in [0.29, 0.717) is 18.7 Å². The Bertz CT molecular complexity index is 1120. The van der Waals surface area contributed by atoms with Gasteiger partial charge in [0.1, 0.15) is 12.0 Å². The Morgan fingerprint density at radius 3 is 2.17 bits per heavy atom. The van der Waals surface area contributed by atoms with Crippen molar-refractivity contribution in [3.63, 3.8) is 0 Å². The van der Waals surface area contributed by atoms with Crippen molar-refractivity contribution in [3.8, 4) is 0 Å². The summed E-state index contributed by atoms with van der Waals surface area (Å²) in [6.07, 6.45) is 1.27. The molecule has 1 aromatic heterocycles. The normalized spacial score (nSPS) is 11.9. The number of aldehydes is 1. The summed E-state index contributed by atoms with van der Waals surface area (Å²) in [6.45, 7) is 0.585. The minimum absolute atomic E-state index is 0.245. The topological polar surface area (TPSA) is 51.1 Å². The third-order valence-corrected chi connectivity index (χ3v) is 5.01. The van der Waals surface area contributed by atoms with Crippen LogP contribution in [0.3, 0.4) is 0 Å². The van der Waals surface area contributed by atoms with Crippen molar-refractivity contribution >= 4 is 23.1 Å². The first kappa shape index (κ1) is 18.7. The average molecular weight is 382 g/mol. The number of nitrogens with one attached hydrogen (secondary N) is 1. The average Bonchev–Trinajstić information content (AvgIpc) is 3.13. The highest BCUT2D eigenvalue weighted by Crippen LogP contribution is 2.21. The zero-order chi connectivity index (χ0) is 20.1. The van der Waals surface area contributed by atoms with Gasteiger partial charge in [-0.25, -0.2) is 0 Å². The number of hydrogen-bond acceptors (Lipinski definition) is 2. The predicted molar refractivity (Wildman–Crippen MR) is 115 cm³/mol. The number of rotatable bonds is 7. The molecule has 0 bridgehead atoms. The van der Waals surface area contributed by atoms with Gasteiger partial charge in [0.2, 0.25) is 0 Å². The number of amides is 1. The molecule has 1 N–H and O–H groups in total. The summed E-state index contributed by atoms with van der Waals surface area (Å²) in [4.78, 5) is 24.7. The molecule has 0 saturated carbocycles. The monoisotopic (exact) mass is 382 g/mol. The number of para-hydroxylation sites is 1. The number of benzene rings is 3. The van der Waals surface area contributed by atoms with Crippen molar-refractivity contribution < 1.29 is 9.59 Å². The number of aromatic nitrogens is 1. The first-order valence-electron chi connectivity index (χ1n) is 9.67. The maximum Gasteiger partial charge on any atom is 0.268 e. The molecule has 0 aliphatic rings. The smallest absolute Gasteiger partial charge is 0.268 e. The van der Waals surface area contributed by atoms with Gasteiger partial charge in [-0.15, -0.1) is 0 Å². The molecule has 4 heteroatoms. The second-order valence-corrected chi connectivity index (χ2v) is 7.07. The van der Waals surface area contributed by atoms with Crippen LogP contribution in [0.4, 0.5) is 0 Å². The largest absolute Gasteiger partial charge is 0.341 e. The number of fused-ring (bicyclic) bond motifs is 1. The third kappa shape index (κ3) is 4.27. The fraction of sp³-hybridized carbons (Fsp3) is 0.120. The number of carbonyl (C=O) groups excluding carboxylic acids is 2. The lowest BCUT2D eigenvalue weighted by atomic mass is 10.1. The lowest BCUT2D eigenvalue weighted by Crippen LogP contribution is -2.38. The summed E-state index contributed by atoms with van der Waals surface area (Å²) >= 11 is 0. The molecule has 1 amide bonds. The van der Waals surface area contributed by atoms with E-state index in [2.05, 4.69) is 5.32 Å². The molecule has 4 rings (SSSR count). The maximum atomic E-state index is 13.1. The second kappa shape index (κ2) is 8.57. The van der Waals surface area contributed by atoms with E-state index >= 15 is 0 Å². The highest BCUT2D eigenvalue weighted by molar-refractivity contribution is 5.99. The van der Waals surface area contributed by atoms with Crippen molar-refractivity contribution in [1.82, 2.24) is 9.88 Å². The molecule has 3 aromatic carbocycles. The van der Waals surface area contributed by atoms with Crippen LogP contribution in [-0.4, -0.2) is 22.8 Å². The molecule has 4 nitrogen and oxygen atoms in total. The van der Waals surface area contributed by atoms with Gasteiger partial charge in [0.25, 0.3) is 5.91 Å². The molecule has 0 aliphatic carbocycles. The highest BCUT2D eigenvalue weighted by Gasteiger charge is 2.19. The molecule has 0 unspecified atom stereocenters. The van der Waals surface area contributed by atoms with E-state index < -0.39 is 6.04 Å². The number of nitrogens with zero attached hydrogens (tertiary/aromatic N) is 1. The third-order valence-electron chi connectivity index (χ3n) is 5.01. The molecular formula is C25H22N2O2. The van der Waals surface area contributed by atoms with E-state index in [0.717, 1.165) is 28.3 Å². The van der Waals surface area contributed by atoms with E-state index in [4.69, 9.17) is 0 Å². The minimum Gasteiger partial charge on any atom is -0.341 e. The van der Waals surface area contributed by atoms with E-state index in [1.807, 2.05) is 95.6 Å². The molecule has 144 valence electrons. The quantitative estimate of drug-likeness (QED) is 0.486. The Balaban J connectivity index is 1.62. The van der Waals surface area contributed by atoms with E-state index in [1.165, 1.54) is 0 Å². The summed E-state index contributed by atoms with van der Waals surface area (Å²) in [5.74, 6) is -0.245. The number of carbonyl (C=O) groups is 2. The Morgan fingerprint density at radius 2 is 1.48 bits per heavy atom. The van der Waals surface area contributed by atoms with Gasteiger partial charge < -0.3 is 14.7 Å². The molecule has 0 aliphatic heterocycles. The fourth-order valence-electron chi connectivity index (χ4n) is 3.58. The van der Waals surface area contributed by atoms with Crippen molar-refractivity contribution in [2.24, 2.45) is 0 Å². The Kier molecular flexibility index (Phi) is 5.52. The van der Waals surface area contributed by atoms with Gasteiger partial charge in [-0.1, -0.05) is 78.9 Å². The summed E-state index contributed by atoms with van der Waals surface area (Å²) < 4.78 is 2.00. The van der Waals surface area contributed by atoms with Crippen molar-refractivity contribution in [1.29, 1.82) is 0 Å². The standard InChI is InChI=1S/C25H22N2O2/c28-18-22(15-19-9-3-1-4-10-19)26-25(29)24-16-21-13-7-8-14-23(21)27(24)17-20-11-5-2-6-12-20/h1-14,16,18,22H,15,17H2,(H,26,29)/t22-/m0/s1. The lowest BCUT2D eigenvalue weighted by Gasteiger charge is -2.15. The fourth-order valence-corrected chi connectivity index (χ4v) is 3.58. The van der Waals surface area contributed by atoms with Crippen LogP contribution in [-0.2, 0) is 17.8 Å². The Morgan fingerprint density at radius 1 is 0.862 bits per heavy atom. The zero-order valence-corrected chi connectivity index (χ0v) is 16.0. The molecule has 1 atom stereocenters. The molecule has 4 aromatic rings. The van der Waals surface area contributed by atoms with Crippen LogP contribution < -0.4 is 5.32 Å². The predicted octanol–water partition coefficient (Wildman–Crippen LogP) is 4.23. The number of hydrogen-bond donors (Lipinski definition) is 1. The zero-order valence-electron chi connectivity index (χ0n) is 16.0. The summed E-state index contributed by atoms with van der Waals surface area (Å²) in [7, 11) is 0. The Hall–Kier alpha value is -3.66. The van der Waals surface area contributed by atoms with Gasteiger partial charge in [0.05, 0.1) is 6.04 Å². The molecule has 0 spiro atoms. The van der Waals surface area contributed by atoms with Crippen LogP contribution >= 0.6 is 0 Å². The molecular weight excluding hydrogens is 360 g/mol. The van der Waals surface area contributed by atoms with Gasteiger partial charge in [-0.05, 0) is 29.7 Å². The van der Waals surface area contributed by atoms with Crippen LogP contribution in [0.5, 0.6) is 0 Å². The van der Waals surface area contributed by atoms with Gasteiger partial charge in [-0.3, -0.25) is 4.79 Å². The minimum atomic E-state index is -0.576. The second-order valence-electron chi connectivity index (χ2n) is 7.07. The van der Waals surface area contributed by atoms with E-state index in [9.17, 15) is 9.59 Å². The first-order valence-corrected chi connectivity index (χ1v) is 9.67. The highest BCUT2D eigenvalue weighted by atomic mass is 16.2. The van der Waals surface area contributed by atoms with Gasteiger partial charge >= 0.3 is 0 Å². The van der Waals surface area contributed by atoms with Crippen molar-refractivity contribution in [2.75, 3.05) is 0 Å². The van der Waals surface area contributed by atoms with Crippen LogP contribution in [0.2, 0.25) is 0 Å². The molecule has 0 saturated heterocycles.